The van der Waals surface area contributed by atoms with Crippen molar-refractivity contribution in [3.05, 3.63) is 78.2 Å². The van der Waals surface area contributed by atoms with Crippen LogP contribution in [0.1, 0.15) is 23.1 Å². The highest BCUT2D eigenvalue weighted by molar-refractivity contribution is 7.09. The fraction of sp³-hybridized carbons (Fsp3) is 0.0952. The zero-order valence-electron chi connectivity index (χ0n) is 15.6. The van der Waals surface area contributed by atoms with Gasteiger partial charge >= 0.3 is 0 Å². The number of rotatable bonds is 6. The summed E-state index contributed by atoms with van der Waals surface area (Å²) in [6.07, 6.45) is 1.85. The minimum atomic E-state index is -0.337. The van der Waals surface area contributed by atoms with Crippen molar-refractivity contribution in [2.24, 2.45) is 0 Å². The molecule has 0 fully saturated rings. The number of aromatic nitrogens is 4. The quantitative estimate of drug-likeness (QED) is 0.529. The molecule has 4 rings (SSSR count). The molecule has 8 heteroatoms. The van der Waals surface area contributed by atoms with Crippen molar-refractivity contribution in [3.63, 3.8) is 0 Å². The normalized spacial score (nSPS) is 10.7. The van der Waals surface area contributed by atoms with Crippen LogP contribution in [0, 0.1) is 0 Å². The molecule has 7 nitrogen and oxygen atoms in total. The van der Waals surface area contributed by atoms with E-state index in [0.717, 1.165) is 22.8 Å². The number of benzene rings is 2. The predicted octanol–water partition coefficient (Wildman–Crippen LogP) is 3.77. The van der Waals surface area contributed by atoms with E-state index >= 15 is 0 Å². The summed E-state index contributed by atoms with van der Waals surface area (Å²) in [6, 6.07) is 19.1. The summed E-state index contributed by atoms with van der Waals surface area (Å²) in [7, 11) is 0. The molecule has 29 heavy (non-hydrogen) atoms. The minimum absolute atomic E-state index is 0.0313. The van der Waals surface area contributed by atoms with Gasteiger partial charge in [-0.05, 0) is 19.1 Å². The van der Waals surface area contributed by atoms with Crippen molar-refractivity contribution in [2.75, 3.05) is 5.32 Å². The fourth-order valence-electron chi connectivity index (χ4n) is 2.83. The van der Waals surface area contributed by atoms with E-state index in [0.29, 0.717) is 22.2 Å². The zero-order chi connectivity index (χ0) is 20.2. The highest BCUT2D eigenvalue weighted by atomic mass is 32.1. The molecule has 0 bridgehead atoms. The highest BCUT2D eigenvalue weighted by Gasteiger charge is 2.20. The van der Waals surface area contributed by atoms with Gasteiger partial charge in [0.1, 0.15) is 11.5 Å². The minimum Gasteiger partial charge on any atom is -0.300 e. The molecule has 2 heterocycles. The van der Waals surface area contributed by atoms with E-state index in [2.05, 4.69) is 19.8 Å². The lowest BCUT2D eigenvalue weighted by atomic mass is 10.1. The van der Waals surface area contributed by atoms with E-state index in [1.165, 1.54) is 6.92 Å². The summed E-state index contributed by atoms with van der Waals surface area (Å²) < 4.78 is 5.79. The van der Waals surface area contributed by atoms with Crippen molar-refractivity contribution in [2.45, 2.75) is 13.3 Å². The molecular weight excluding hydrogens is 386 g/mol. The third-order valence-corrected chi connectivity index (χ3v) is 4.79. The van der Waals surface area contributed by atoms with Crippen LogP contribution in [0.2, 0.25) is 0 Å². The zero-order valence-corrected chi connectivity index (χ0v) is 16.4. The standard InChI is InChI=1S/C21H17N5O2S/c1-14(27)12-18-22-21(29-25-18)23-20(28)17-13-26(16-10-6-3-7-11-16)24-19(17)15-8-4-2-5-9-15/h2-11,13H,12H2,1H3,(H,22,23,25,28). The highest BCUT2D eigenvalue weighted by Crippen LogP contribution is 2.25. The number of Topliss-reactive ketones (excluding diaryl/α,β-unsaturated/α-hetero) is 1. The molecule has 0 saturated carbocycles. The van der Waals surface area contributed by atoms with E-state index in [4.69, 9.17) is 0 Å². The van der Waals surface area contributed by atoms with Gasteiger partial charge in [-0.2, -0.15) is 9.47 Å². The molecule has 4 aromatic rings. The lowest BCUT2D eigenvalue weighted by molar-refractivity contribution is -0.116. The molecule has 0 aliphatic rings. The Balaban J connectivity index is 1.68. The Hall–Kier alpha value is -3.65. The summed E-state index contributed by atoms with van der Waals surface area (Å²) in [5, 5.41) is 7.75. The summed E-state index contributed by atoms with van der Waals surface area (Å²) >= 11 is 1.05. The van der Waals surface area contributed by atoms with Gasteiger partial charge < -0.3 is 0 Å². The second kappa shape index (κ2) is 8.15. The molecule has 0 aliphatic carbocycles. The summed E-state index contributed by atoms with van der Waals surface area (Å²) in [6.45, 7) is 1.48. The number of carbonyl (C=O) groups excluding carboxylic acids is 2. The molecule has 0 atom stereocenters. The van der Waals surface area contributed by atoms with Crippen molar-refractivity contribution in [1.29, 1.82) is 0 Å². The van der Waals surface area contributed by atoms with E-state index in [9.17, 15) is 9.59 Å². The van der Waals surface area contributed by atoms with Gasteiger partial charge in [0.25, 0.3) is 5.91 Å². The number of ketones is 1. The molecular formula is C21H17N5O2S. The number of anilines is 1. The molecule has 144 valence electrons. The van der Waals surface area contributed by atoms with Crippen LogP contribution in [0.15, 0.2) is 66.9 Å². The van der Waals surface area contributed by atoms with Gasteiger partial charge in [-0.25, -0.2) is 9.67 Å². The van der Waals surface area contributed by atoms with Crippen molar-refractivity contribution in [3.8, 4) is 16.9 Å². The average Bonchev–Trinajstić information content (AvgIpc) is 3.36. The van der Waals surface area contributed by atoms with Gasteiger partial charge in [-0.1, -0.05) is 48.5 Å². The van der Waals surface area contributed by atoms with E-state index in [1.54, 1.807) is 10.9 Å². The molecule has 0 saturated heterocycles. The van der Waals surface area contributed by atoms with Crippen molar-refractivity contribution < 1.29 is 9.59 Å². The molecule has 2 aromatic carbocycles. The van der Waals surface area contributed by atoms with Crippen LogP contribution in [0.3, 0.4) is 0 Å². The number of nitrogens with zero attached hydrogens (tertiary/aromatic N) is 4. The fourth-order valence-corrected chi connectivity index (χ4v) is 3.41. The molecule has 2 aromatic heterocycles. The second-order valence-corrected chi connectivity index (χ2v) is 7.14. The third-order valence-electron chi connectivity index (χ3n) is 4.12. The Morgan fingerprint density at radius 2 is 1.72 bits per heavy atom. The maximum atomic E-state index is 13.0. The predicted molar refractivity (Wildman–Crippen MR) is 111 cm³/mol. The molecule has 1 N–H and O–H groups in total. The Bertz CT molecular complexity index is 1150. The van der Waals surface area contributed by atoms with Crippen molar-refractivity contribution in [1.82, 2.24) is 19.1 Å². The maximum Gasteiger partial charge on any atom is 0.261 e. The van der Waals surface area contributed by atoms with Crippen LogP contribution < -0.4 is 5.32 Å². The van der Waals surface area contributed by atoms with Crippen LogP contribution in [0.25, 0.3) is 16.9 Å². The summed E-state index contributed by atoms with van der Waals surface area (Å²) in [5.41, 5.74) is 2.68. The number of nitrogens with one attached hydrogen (secondary N) is 1. The summed E-state index contributed by atoms with van der Waals surface area (Å²) in [5.74, 6) is 0.0359. The number of hydrogen-bond acceptors (Lipinski definition) is 6. The number of para-hydroxylation sites is 1. The SMILES string of the molecule is CC(=O)Cc1nsc(NC(=O)c2cn(-c3ccccc3)nc2-c2ccccc2)n1. The first-order chi connectivity index (χ1) is 14.1. The van der Waals surface area contributed by atoms with Crippen molar-refractivity contribution >= 4 is 28.4 Å². The first-order valence-electron chi connectivity index (χ1n) is 8.94. The molecule has 0 spiro atoms. The van der Waals surface area contributed by atoms with Crippen LogP contribution in [-0.4, -0.2) is 30.8 Å². The smallest absolute Gasteiger partial charge is 0.261 e. The topological polar surface area (TPSA) is 89.8 Å². The number of carbonyl (C=O) groups is 2. The van der Waals surface area contributed by atoms with Crippen LogP contribution in [0.5, 0.6) is 0 Å². The van der Waals surface area contributed by atoms with Gasteiger partial charge in [0.05, 0.1) is 17.7 Å². The molecule has 1 amide bonds. The van der Waals surface area contributed by atoms with E-state index in [-0.39, 0.29) is 18.1 Å². The van der Waals surface area contributed by atoms with Crippen LogP contribution in [-0.2, 0) is 11.2 Å². The van der Waals surface area contributed by atoms with E-state index < -0.39 is 0 Å². The monoisotopic (exact) mass is 403 g/mol. The largest absolute Gasteiger partial charge is 0.300 e. The number of hydrogen-bond donors (Lipinski definition) is 1. The second-order valence-electron chi connectivity index (χ2n) is 6.39. The van der Waals surface area contributed by atoms with Crippen LogP contribution >= 0.6 is 11.5 Å². The molecule has 0 unspecified atom stereocenters. The molecule has 0 aliphatic heterocycles. The Morgan fingerprint density at radius 3 is 2.41 bits per heavy atom. The summed E-state index contributed by atoms with van der Waals surface area (Å²) in [4.78, 5) is 28.4. The molecule has 0 radical (unpaired) electrons. The van der Waals surface area contributed by atoms with Gasteiger partial charge in [-0.15, -0.1) is 0 Å². The number of amides is 1. The first-order valence-corrected chi connectivity index (χ1v) is 9.71. The maximum absolute atomic E-state index is 13.0. The van der Waals surface area contributed by atoms with Gasteiger partial charge in [0.15, 0.2) is 5.82 Å². The Labute approximate surface area is 171 Å². The van der Waals surface area contributed by atoms with Gasteiger partial charge in [0.2, 0.25) is 5.13 Å². The van der Waals surface area contributed by atoms with Crippen LogP contribution in [0.4, 0.5) is 5.13 Å². The average molecular weight is 403 g/mol. The lowest BCUT2D eigenvalue weighted by Gasteiger charge is -2.02. The Kier molecular flexibility index (Phi) is 5.26. The Morgan fingerprint density at radius 1 is 1.03 bits per heavy atom. The lowest BCUT2D eigenvalue weighted by Crippen LogP contribution is -2.12. The van der Waals surface area contributed by atoms with Gasteiger partial charge in [-0.3, -0.25) is 14.9 Å². The first kappa shape index (κ1) is 18.7. The van der Waals surface area contributed by atoms with Gasteiger partial charge in [0, 0.05) is 23.3 Å². The third kappa shape index (κ3) is 4.27. The van der Waals surface area contributed by atoms with E-state index in [1.807, 2.05) is 60.7 Å².